The third-order valence-corrected chi connectivity index (χ3v) is 4.31. The van der Waals surface area contributed by atoms with Gasteiger partial charge in [0.15, 0.2) is 0 Å². The second-order valence-electron chi connectivity index (χ2n) is 6.67. The molecule has 1 fully saturated rings. The standard InChI is InChI=1S/C18H23N5O2/c1-12(2)17(24)22-14-7-8-16(19-9-14)23-10-15(20-11-23)18(25)21-13-5-3-4-6-13/h7-13H,3-6H2,1-2H3,(H,21,25)(H,22,24). The van der Waals surface area contributed by atoms with E-state index in [1.165, 1.54) is 12.8 Å². The molecule has 2 aromatic rings. The number of carbonyl (C=O) groups excluding carboxylic acids is 2. The van der Waals surface area contributed by atoms with Gasteiger partial charge < -0.3 is 10.6 Å². The van der Waals surface area contributed by atoms with E-state index in [1.54, 1.807) is 35.4 Å². The van der Waals surface area contributed by atoms with E-state index in [0.29, 0.717) is 17.2 Å². The summed E-state index contributed by atoms with van der Waals surface area (Å²) in [5.41, 5.74) is 1.02. The van der Waals surface area contributed by atoms with Crippen LogP contribution in [-0.4, -0.2) is 32.4 Å². The largest absolute Gasteiger partial charge is 0.348 e. The van der Waals surface area contributed by atoms with Crippen molar-refractivity contribution >= 4 is 17.5 Å². The molecule has 7 nitrogen and oxygen atoms in total. The number of rotatable bonds is 5. The highest BCUT2D eigenvalue weighted by molar-refractivity contribution is 5.92. The number of hydrogen-bond donors (Lipinski definition) is 2. The number of hydrogen-bond acceptors (Lipinski definition) is 4. The molecule has 2 N–H and O–H groups in total. The molecular weight excluding hydrogens is 318 g/mol. The lowest BCUT2D eigenvalue weighted by Crippen LogP contribution is -2.32. The number of aromatic nitrogens is 3. The first kappa shape index (κ1) is 17.1. The van der Waals surface area contributed by atoms with E-state index in [9.17, 15) is 9.59 Å². The zero-order chi connectivity index (χ0) is 17.8. The van der Waals surface area contributed by atoms with Crippen molar-refractivity contribution in [3.8, 4) is 5.82 Å². The molecule has 0 saturated heterocycles. The van der Waals surface area contributed by atoms with Crippen LogP contribution in [0.2, 0.25) is 0 Å². The molecule has 7 heteroatoms. The van der Waals surface area contributed by atoms with Gasteiger partial charge in [-0.15, -0.1) is 0 Å². The molecule has 1 saturated carbocycles. The molecule has 2 heterocycles. The van der Waals surface area contributed by atoms with E-state index in [4.69, 9.17) is 0 Å². The lowest BCUT2D eigenvalue weighted by molar-refractivity contribution is -0.118. The monoisotopic (exact) mass is 341 g/mol. The Morgan fingerprint density at radius 1 is 1.20 bits per heavy atom. The molecule has 132 valence electrons. The highest BCUT2D eigenvalue weighted by Crippen LogP contribution is 2.18. The molecule has 0 spiro atoms. The highest BCUT2D eigenvalue weighted by Gasteiger charge is 2.19. The SMILES string of the molecule is CC(C)C(=O)Nc1ccc(-n2cnc(C(=O)NC3CCCC3)c2)nc1. The van der Waals surface area contributed by atoms with Crippen LogP contribution in [0.4, 0.5) is 5.69 Å². The number of nitrogens with one attached hydrogen (secondary N) is 2. The zero-order valence-electron chi connectivity index (χ0n) is 14.5. The van der Waals surface area contributed by atoms with Crippen LogP contribution < -0.4 is 10.6 Å². The Morgan fingerprint density at radius 2 is 1.96 bits per heavy atom. The van der Waals surface area contributed by atoms with Crippen LogP contribution in [0.5, 0.6) is 0 Å². The first-order chi connectivity index (χ1) is 12.0. The Labute approximate surface area is 146 Å². The average Bonchev–Trinajstić information content (AvgIpc) is 3.27. The number of nitrogens with zero attached hydrogens (tertiary/aromatic N) is 3. The van der Waals surface area contributed by atoms with Gasteiger partial charge in [-0.25, -0.2) is 9.97 Å². The van der Waals surface area contributed by atoms with Crippen LogP contribution >= 0.6 is 0 Å². The third-order valence-electron chi connectivity index (χ3n) is 4.31. The van der Waals surface area contributed by atoms with Crippen molar-refractivity contribution < 1.29 is 9.59 Å². The fraction of sp³-hybridized carbons (Fsp3) is 0.444. The summed E-state index contributed by atoms with van der Waals surface area (Å²) in [5, 5.41) is 5.81. The third kappa shape index (κ3) is 4.23. The molecule has 25 heavy (non-hydrogen) atoms. The van der Waals surface area contributed by atoms with Gasteiger partial charge in [0.2, 0.25) is 5.91 Å². The Kier molecular flexibility index (Phi) is 5.11. The average molecular weight is 341 g/mol. The Morgan fingerprint density at radius 3 is 2.60 bits per heavy atom. The van der Waals surface area contributed by atoms with E-state index in [1.807, 2.05) is 13.8 Å². The maximum absolute atomic E-state index is 12.2. The zero-order valence-corrected chi connectivity index (χ0v) is 14.5. The van der Waals surface area contributed by atoms with Crippen LogP contribution in [0.25, 0.3) is 5.82 Å². The van der Waals surface area contributed by atoms with Crippen LogP contribution in [0.3, 0.4) is 0 Å². The molecule has 0 radical (unpaired) electrons. The van der Waals surface area contributed by atoms with E-state index >= 15 is 0 Å². The Hall–Kier alpha value is -2.70. The van der Waals surface area contributed by atoms with E-state index in [0.717, 1.165) is 12.8 Å². The molecule has 1 aliphatic carbocycles. The van der Waals surface area contributed by atoms with Crippen LogP contribution in [0.15, 0.2) is 30.9 Å². The fourth-order valence-electron chi connectivity index (χ4n) is 2.79. The molecule has 3 rings (SSSR count). The molecular formula is C18H23N5O2. The quantitative estimate of drug-likeness (QED) is 0.874. The maximum atomic E-state index is 12.2. The molecule has 2 amide bonds. The topological polar surface area (TPSA) is 88.9 Å². The van der Waals surface area contributed by atoms with E-state index in [2.05, 4.69) is 20.6 Å². The lowest BCUT2D eigenvalue weighted by Gasteiger charge is -2.10. The summed E-state index contributed by atoms with van der Waals surface area (Å²) in [6.45, 7) is 3.67. The van der Waals surface area contributed by atoms with Gasteiger partial charge in [0, 0.05) is 18.2 Å². The second-order valence-corrected chi connectivity index (χ2v) is 6.67. The highest BCUT2D eigenvalue weighted by atomic mass is 16.2. The molecule has 0 atom stereocenters. The van der Waals surface area contributed by atoms with Gasteiger partial charge in [0.1, 0.15) is 17.8 Å². The molecule has 0 aromatic carbocycles. The summed E-state index contributed by atoms with van der Waals surface area (Å²) in [6, 6.07) is 3.82. The summed E-state index contributed by atoms with van der Waals surface area (Å²) < 4.78 is 1.69. The van der Waals surface area contributed by atoms with Gasteiger partial charge in [-0.3, -0.25) is 14.2 Å². The first-order valence-electron chi connectivity index (χ1n) is 8.65. The summed E-state index contributed by atoms with van der Waals surface area (Å²) in [4.78, 5) is 32.4. The predicted octanol–water partition coefficient (Wildman–Crippen LogP) is 2.53. The van der Waals surface area contributed by atoms with Gasteiger partial charge in [0.05, 0.1) is 11.9 Å². The van der Waals surface area contributed by atoms with Crippen molar-refractivity contribution in [3.05, 3.63) is 36.5 Å². The number of imidazole rings is 1. The van der Waals surface area contributed by atoms with Gasteiger partial charge in [0.25, 0.3) is 5.91 Å². The normalized spacial score (nSPS) is 14.7. The van der Waals surface area contributed by atoms with E-state index < -0.39 is 0 Å². The lowest BCUT2D eigenvalue weighted by atomic mass is 10.2. The maximum Gasteiger partial charge on any atom is 0.271 e. The number of pyridine rings is 1. The van der Waals surface area contributed by atoms with Crippen molar-refractivity contribution in [3.63, 3.8) is 0 Å². The summed E-state index contributed by atoms with van der Waals surface area (Å²) in [5.74, 6) is 0.346. The summed E-state index contributed by atoms with van der Waals surface area (Å²) in [7, 11) is 0. The number of anilines is 1. The predicted molar refractivity (Wildman–Crippen MR) is 94.5 cm³/mol. The second kappa shape index (κ2) is 7.46. The van der Waals surface area contributed by atoms with Crippen molar-refractivity contribution in [2.75, 3.05) is 5.32 Å². The summed E-state index contributed by atoms with van der Waals surface area (Å²) in [6.07, 6.45) is 9.24. The van der Waals surface area contributed by atoms with Crippen LogP contribution in [0.1, 0.15) is 50.0 Å². The Bertz CT molecular complexity index is 745. The van der Waals surface area contributed by atoms with Crippen molar-refractivity contribution in [2.24, 2.45) is 5.92 Å². The number of amides is 2. The Balaban J connectivity index is 1.65. The minimum Gasteiger partial charge on any atom is -0.348 e. The van der Waals surface area contributed by atoms with Gasteiger partial charge in [-0.2, -0.15) is 0 Å². The van der Waals surface area contributed by atoms with Crippen LogP contribution in [0, 0.1) is 5.92 Å². The van der Waals surface area contributed by atoms with E-state index in [-0.39, 0.29) is 23.8 Å². The minimum atomic E-state index is -0.147. The fourth-order valence-corrected chi connectivity index (χ4v) is 2.79. The van der Waals surface area contributed by atoms with Crippen molar-refractivity contribution in [1.29, 1.82) is 0 Å². The number of carbonyl (C=O) groups is 2. The van der Waals surface area contributed by atoms with Gasteiger partial charge in [-0.1, -0.05) is 26.7 Å². The molecule has 0 bridgehead atoms. The van der Waals surface area contributed by atoms with Gasteiger partial charge >= 0.3 is 0 Å². The first-order valence-corrected chi connectivity index (χ1v) is 8.65. The smallest absolute Gasteiger partial charge is 0.271 e. The molecule has 0 unspecified atom stereocenters. The molecule has 1 aliphatic rings. The summed E-state index contributed by atoms with van der Waals surface area (Å²) >= 11 is 0. The van der Waals surface area contributed by atoms with Crippen LogP contribution in [-0.2, 0) is 4.79 Å². The molecule has 2 aromatic heterocycles. The minimum absolute atomic E-state index is 0.0527. The molecule has 0 aliphatic heterocycles. The van der Waals surface area contributed by atoms with Crippen molar-refractivity contribution in [2.45, 2.75) is 45.6 Å². The van der Waals surface area contributed by atoms with Gasteiger partial charge in [-0.05, 0) is 25.0 Å². The van der Waals surface area contributed by atoms with Crippen molar-refractivity contribution in [1.82, 2.24) is 19.9 Å².